The fourth-order valence-corrected chi connectivity index (χ4v) is 1.19. The highest BCUT2D eigenvalue weighted by Gasteiger charge is 2.01. The second kappa shape index (κ2) is 5.59. The fraction of sp³-hybridized carbons (Fsp3) is 0.0909. The van der Waals surface area contributed by atoms with Crippen molar-refractivity contribution in [2.24, 2.45) is 10.3 Å². The van der Waals surface area contributed by atoms with Crippen LogP contribution in [0.5, 0.6) is 0 Å². The molecule has 0 saturated carbocycles. The molecule has 0 fully saturated rings. The van der Waals surface area contributed by atoms with Crippen LogP contribution in [0.2, 0.25) is 0 Å². The second-order valence-corrected chi connectivity index (χ2v) is 2.92. The summed E-state index contributed by atoms with van der Waals surface area (Å²) in [5, 5.41) is 22.8. The maximum atomic E-state index is 8.65. The monoisotopic (exact) mass is 204 g/mol. The molecule has 0 aliphatic rings. The van der Waals surface area contributed by atoms with Gasteiger partial charge in [0, 0.05) is 5.56 Å². The average molecular weight is 204 g/mol. The van der Waals surface area contributed by atoms with Crippen LogP contribution in [0.1, 0.15) is 11.1 Å². The van der Waals surface area contributed by atoms with Crippen molar-refractivity contribution in [3.63, 3.8) is 0 Å². The van der Waals surface area contributed by atoms with Crippen LogP contribution in [0.15, 0.2) is 47.2 Å². The number of hydrogen-bond donors (Lipinski definition) is 2. The average Bonchev–Trinajstić information content (AvgIpc) is 2.28. The van der Waals surface area contributed by atoms with Gasteiger partial charge in [-0.1, -0.05) is 40.7 Å². The van der Waals surface area contributed by atoms with Gasteiger partial charge in [-0.2, -0.15) is 0 Å². The lowest BCUT2D eigenvalue weighted by atomic mass is 10.1. The van der Waals surface area contributed by atoms with E-state index in [0.29, 0.717) is 5.56 Å². The molecule has 4 heteroatoms. The number of nitrogens with zero attached hydrogens (tertiary/aromatic N) is 2. The topological polar surface area (TPSA) is 65.2 Å². The Labute approximate surface area is 87.9 Å². The largest absolute Gasteiger partial charge is 0.411 e. The van der Waals surface area contributed by atoms with Crippen molar-refractivity contribution in [3.05, 3.63) is 48.0 Å². The second-order valence-electron chi connectivity index (χ2n) is 2.92. The maximum absolute atomic E-state index is 8.65. The van der Waals surface area contributed by atoms with Crippen LogP contribution in [0.25, 0.3) is 0 Å². The minimum Gasteiger partial charge on any atom is -0.411 e. The first-order valence-corrected chi connectivity index (χ1v) is 4.41. The molecule has 15 heavy (non-hydrogen) atoms. The highest BCUT2D eigenvalue weighted by Crippen LogP contribution is 2.06. The fourth-order valence-electron chi connectivity index (χ4n) is 1.19. The van der Waals surface area contributed by atoms with E-state index in [1.54, 1.807) is 12.1 Å². The zero-order chi connectivity index (χ0) is 11.1. The van der Waals surface area contributed by atoms with Gasteiger partial charge >= 0.3 is 0 Å². The summed E-state index contributed by atoms with van der Waals surface area (Å²) in [5.41, 5.74) is 2.01. The van der Waals surface area contributed by atoms with Crippen LogP contribution in [0, 0.1) is 0 Å². The summed E-state index contributed by atoms with van der Waals surface area (Å²) in [6.07, 6.45) is 3.67. The van der Waals surface area contributed by atoms with Crippen molar-refractivity contribution in [2.75, 3.05) is 0 Å². The molecule has 0 aromatic heterocycles. The Morgan fingerprint density at radius 3 is 2.40 bits per heavy atom. The number of allylic oxidation sites excluding steroid dienone is 1. The van der Waals surface area contributed by atoms with E-state index in [2.05, 4.69) is 16.9 Å². The van der Waals surface area contributed by atoms with Crippen LogP contribution in [0.3, 0.4) is 0 Å². The van der Waals surface area contributed by atoms with Crippen LogP contribution >= 0.6 is 0 Å². The van der Waals surface area contributed by atoms with E-state index in [-0.39, 0.29) is 5.71 Å². The summed E-state index contributed by atoms with van der Waals surface area (Å²) in [4.78, 5) is 0. The van der Waals surface area contributed by atoms with Crippen molar-refractivity contribution < 1.29 is 10.4 Å². The van der Waals surface area contributed by atoms with Crippen LogP contribution in [-0.4, -0.2) is 22.3 Å². The van der Waals surface area contributed by atoms with Gasteiger partial charge in [0.1, 0.15) is 5.71 Å². The third-order valence-corrected chi connectivity index (χ3v) is 1.92. The molecule has 0 radical (unpaired) electrons. The molecule has 1 aromatic carbocycles. The minimum atomic E-state index is 0.211. The van der Waals surface area contributed by atoms with E-state index in [4.69, 9.17) is 10.4 Å². The van der Waals surface area contributed by atoms with E-state index in [1.165, 1.54) is 0 Å². The molecule has 0 unspecified atom stereocenters. The van der Waals surface area contributed by atoms with Crippen molar-refractivity contribution in [1.29, 1.82) is 0 Å². The van der Waals surface area contributed by atoms with Gasteiger partial charge in [-0.15, -0.1) is 6.58 Å². The molecule has 0 atom stereocenters. The number of rotatable bonds is 4. The molecule has 0 heterocycles. The zero-order valence-corrected chi connectivity index (χ0v) is 8.17. The van der Waals surface area contributed by atoms with Gasteiger partial charge in [0.2, 0.25) is 0 Å². The predicted molar refractivity (Wildman–Crippen MR) is 58.9 cm³/mol. The third kappa shape index (κ3) is 2.95. The molecule has 0 spiro atoms. The van der Waals surface area contributed by atoms with Gasteiger partial charge in [-0.05, 0) is 12.0 Å². The van der Waals surface area contributed by atoms with Crippen molar-refractivity contribution in [3.8, 4) is 0 Å². The molecule has 1 rings (SSSR count). The minimum absolute atomic E-state index is 0.211. The van der Waals surface area contributed by atoms with E-state index in [9.17, 15) is 0 Å². The van der Waals surface area contributed by atoms with Crippen molar-refractivity contribution >= 4 is 11.9 Å². The number of benzene rings is 1. The van der Waals surface area contributed by atoms with Crippen molar-refractivity contribution in [2.45, 2.75) is 6.42 Å². The van der Waals surface area contributed by atoms with Crippen LogP contribution in [-0.2, 0) is 6.42 Å². The first kappa shape index (κ1) is 11.0. The summed E-state index contributed by atoms with van der Waals surface area (Å²) in [6.45, 7) is 3.64. The summed E-state index contributed by atoms with van der Waals surface area (Å²) in [6, 6.07) is 7.37. The summed E-state index contributed by atoms with van der Waals surface area (Å²) in [5.74, 6) is 0. The van der Waals surface area contributed by atoms with E-state index in [1.807, 2.05) is 18.2 Å². The summed E-state index contributed by atoms with van der Waals surface area (Å²) >= 11 is 0. The quantitative estimate of drug-likeness (QED) is 0.341. The smallest absolute Gasteiger partial charge is 0.131 e. The molecule has 0 aliphatic heterocycles. The van der Waals surface area contributed by atoms with Crippen LogP contribution < -0.4 is 0 Å². The Morgan fingerprint density at radius 1 is 1.27 bits per heavy atom. The highest BCUT2D eigenvalue weighted by atomic mass is 16.4. The van der Waals surface area contributed by atoms with Gasteiger partial charge in [-0.25, -0.2) is 0 Å². The molecule has 0 aliphatic carbocycles. The Morgan fingerprint density at radius 2 is 1.93 bits per heavy atom. The predicted octanol–water partition coefficient (Wildman–Crippen LogP) is 2.05. The summed E-state index contributed by atoms with van der Waals surface area (Å²) in [7, 11) is 0. The van der Waals surface area contributed by atoms with E-state index in [0.717, 1.165) is 18.2 Å². The first-order chi connectivity index (χ1) is 7.31. The maximum Gasteiger partial charge on any atom is 0.131 e. The Hall–Kier alpha value is -2.10. The molecule has 0 bridgehead atoms. The molecular weight excluding hydrogens is 192 g/mol. The molecule has 0 amide bonds. The molecule has 2 N–H and O–H groups in total. The Bertz CT molecular complexity index is 380. The first-order valence-electron chi connectivity index (χ1n) is 4.41. The van der Waals surface area contributed by atoms with Gasteiger partial charge in [0.25, 0.3) is 0 Å². The zero-order valence-electron chi connectivity index (χ0n) is 8.17. The lowest BCUT2D eigenvalue weighted by Gasteiger charge is -2.00. The van der Waals surface area contributed by atoms with E-state index >= 15 is 0 Å². The number of oxime groups is 2. The standard InChI is InChI=1S/C11H12N2O2/c1-2-3-9-4-6-10(7-5-9)11(13-15)8-12-14/h2,4-8,14-15H,1,3H2. The van der Waals surface area contributed by atoms with Gasteiger partial charge in [0.15, 0.2) is 0 Å². The SMILES string of the molecule is C=CCc1ccc(C(C=NO)=NO)cc1. The third-order valence-electron chi connectivity index (χ3n) is 1.92. The lowest BCUT2D eigenvalue weighted by Crippen LogP contribution is -2.02. The molecular formula is C11H12N2O2. The molecule has 1 aromatic rings. The van der Waals surface area contributed by atoms with Gasteiger partial charge < -0.3 is 10.4 Å². The summed E-state index contributed by atoms with van der Waals surface area (Å²) < 4.78 is 0. The molecule has 4 nitrogen and oxygen atoms in total. The lowest BCUT2D eigenvalue weighted by molar-refractivity contribution is 0.316. The molecule has 0 saturated heterocycles. The Balaban J connectivity index is 2.92. The Kier molecular flexibility index (Phi) is 4.09. The van der Waals surface area contributed by atoms with Crippen LogP contribution in [0.4, 0.5) is 0 Å². The number of hydrogen-bond acceptors (Lipinski definition) is 4. The van der Waals surface area contributed by atoms with E-state index < -0.39 is 0 Å². The van der Waals surface area contributed by atoms with Gasteiger partial charge in [-0.3, -0.25) is 0 Å². The van der Waals surface area contributed by atoms with Crippen molar-refractivity contribution in [1.82, 2.24) is 0 Å². The molecule has 78 valence electrons. The highest BCUT2D eigenvalue weighted by molar-refractivity contribution is 6.37. The van der Waals surface area contributed by atoms with Gasteiger partial charge in [0.05, 0.1) is 6.21 Å². The normalized spacial score (nSPS) is 11.9.